The minimum atomic E-state index is -0.447. The number of hydrogen-bond acceptors (Lipinski definition) is 3. The third kappa shape index (κ3) is 2.68. The van der Waals surface area contributed by atoms with E-state index >= 15 is 0 Å². The minimum absolute atomic E-state index is 0.188. The number of halogens is 1. The Kier molecular flexibility index (Phi) is 3.85. The van der Waals surface area contributed by atoms with Crippen molar-refractivity contribution < 1.29 is 14.6 Å². The van der Waals surface area contributed by atoms with Crippen molar-refractivity contribution >= 4 is 5.69 Å². The molecule has 0 bridgehead atoms. The fraction of sp³-hybridized carbons (Fsp3) is 0.400. The molecule has 0 aliphatic rings. The Morgan fingerprint density at radius 1 is 1.36 bits per heavy atom. The highest BCUT2D eigenvalue weighted by Gasteiger charge is 2.06. The maximum Gasteiger partial charge on any atom is 0.128 e. The highest BCUT2D eigenvalue weighted by atomic mass is 19.1. The zero-order valence-corrected chi connectivity index (χ0v) is 8.00. The summed E-state index contributed by atoms with van der Waals surface area (Å²) in [5.41, 5.74) is 1.13. The Morgan fingerprint density at radius 3 is 2.50 bits per heavy atom. The molecule has 78 valence electrons. The summed E-state index contributed by atoms with van der Waals surface area (Å²) in [7, 11) is 0. The number of hydrogen-bond donors (Lipinski definition) is 3. The van der Waals surface area contributed by atoms with Gasteiger partial charge in [-0.05, 0) is 24.6 Å². The molecule has 4 heteroatoms. The number of anilines is 1. The van der Waals surface area contributed by atoms with Gasteiger partial charge in [0.1, 0.15) is 5.82 Å². The number of aryl methyl sites for hydroxylation is 1. The van der Waals surface area contributed by atoms with Crippen molar-refractivity contribution in [3.8, 4) is 0 Å². The van der Waals surface area contributed by atoms with E-state index in [-0.39, 0.29) is 19.0 Å². The van der Waals surface area contributed by atoms with Crippen molar-refractivity contribution in [3.05, 3.63) is 29.6 Å². The van der Waals surface area contributed by atoms with Crippen molar-refractivity contribution in [1.29, 1.82) is 0 Å². The Hall–Kier alpha value is -1.13. The first-order chi connectivity index (χ1) is 6.67. The molecule has 3 N–H and O–H groups in total. The standard InChI is InChI=1S/C10H14FNO2/c1-7-2-3-8(4-10(7)11)12-9(5-13)6-14/h2-4,9,12-14H,5-6H2,1H3. The molecule has 0 aliphatic heterocycles. The van der Waals surface area contributed by atoms with Crippen LogP contribution in [0.3, 0.4) is 0 Å². The molecule has 0 unspecified atom stereocenters. The molecule has 1 rings (SSSR count). The van der Waals surface area contributed by atoms with Crippen molar-refractivity contribution in [3.63, 3.8) is 0 Å². The molecule has 0 spiro atoms. The van der Waals surface area contributed by atoms with Crippen LogP contribution in [0, 0.1) is 12.7 Å². The lowest BCUT2D eigenvalue weighted by molar-refractivity contribution is 0.204. The molecule has 0 fully saturated rings. The lowest BCUT2D eigenvalue weighted by Gasteiger charge is -2.14. The average Bonchev–Trinajstić information content (AvgIpc) is 2.19. The number of benzene rings is 1. The highest BCUT2D eigenvalue weighted by Crippen LogP contribution is 2.14. The topological polar surface area (TPSA) is 52.5 Å². The Labute approximate surface area is 82.2 Å². The van der Waals surface area contributed by atoms with Gasteiger partial charge in [0.25, 0.3) is 0 Å². The van der Waals surface area contributed by atoms with Gasteiger partial charge in [0.2, 0.25) is 0 Å². The number of nitrogens with one attached hydrogen (secondary N) is 1. The van der Waals surface area contributed by atoms with Crippen LogP contribution in [0.15, 0.2) is 18.2 Å². The van der Waals surface area contributed by atoms with E-state index in [0.717, 1.165) is 0 Å². The van der Waals surface area contributed by atoms with Crippen molar-refractivity contribution in [2.24, 2.45) is 0 Å². The lowest BCUT2D eigenvalue weighted by atomic mass is 10.2. The third-order valence-electron chi connectivity index (χ3n) is 1.98. The predicted octanol–water partition coefficient (Wildman–Crippen LogP) is 0.899. The number of aliphatic hydroxyl groups excluding tert-OH is 2. The van der Waals surface area contributed by atoms with Gasteiger partial charge < -0.3 is 15.5 Å². The van der Waals surface area contributed by atoms with Crippen LogP contribution in [0.4, 0.5) is 10.1 Å². The Morgan fingerprint density at radius 2 is 2.00 bits per heavy atom. The quantitative estimate of drug-likeness (QED) is 0.675. The van der Waals surface area contributed by atoms with Gasteiger partial charge in [0, 0.05) is 5.69 Å². The fourth-order valence-corrected chi connectivity index (χ4v) is 1.07. The molecule has 3 nitrogen and oxygen atoms in total. The second-order valence-corrected chi connectivity index (χ2v) is 3.17. The summed E-state index contributed by atoms with van der Waals surface area (Å²) in [5, 5.41) is 20.4. The van der Waals surface area contributed by atoms with Gasteiger partial charge in [-0.1, -0.05) is 6.07 Å². The number of aliphatic hydroxyl groups is 2. The molecule has 0 atom stereocenters. The van der Waals surface area contributed by atoms with Crippen LogP contribution >= 0.6 is 0 Å². The van der Waals surface area contributed by atoms with Crippen LogP contribution in [0.2, 0.25) is 0 Å². The van der Waals surface area contributed by atoms with Gasteiger partial charge in [-0.2, -0.15) is 0 Å². The van der Waals surface area contributed by atoms with E-state index in [1.165, 1.54) is 6.07 Å². The zero-order valence-electron chi connectivity index (χ0n) is 8.00. The van der Waals surface area contributed by atoms with Crippen molar-refractivity contribution in [2.75, 3.05) is 18.5 Å². The first kappa shape index (κ1) is 10.9. The van der Waals surface area contributed by atoms with E-state index in [1.807, 2.05) is 0 Å². The first-order valence-electron chi connectivity index (χ1n) is 4.41. The fourth-order valence-electron chi connectivity index (χ4n) is 1.07. The van der Waals surface area contributed by atoms with E-state index in [4.69, 9.17) is 10.2 Å². The summed E-state index contributed by atoms with van der Waals surface area (Å²) in [5.74, 6) is -0.301. The van der Waals surface area contributed by atoms with Gasteiger partial charge in [0.05, 0.1) is 19.3 Å². The van der Waals surface area contributed by atoms with E-state index in [1.54, 1.807) is 19.1 Å². The zero-order chi connectivity index (χ0) is 10.6. The molecular formula is C10H14FNO2. The Balaban J connectivity index is 2.72. The van der Waals surface area contributed by atoms with Gasteiger partial charge in [-0.3, -0.25) is 0 Å². The molecule has 0 saturated carbocycles. The van der Waals surface area contributed by atoms with E-state index in [2.05, 4.69) is 5.32 Å². The molecule has 1 aromatic carbocycles. The summed E-state index contributed by atoms with van der Waals surface area (Å²) < 4.78 is 13.1. The second-order valence-electron chi connectivity index (χ2n) is 3.17. The molecule has 0 heterocycles. The van der Waals surface area contributed by atoms with Crippen LogP contribution in [0.25, 0.3) is 0 Å². The van der Waals surface area contributed by atoms with Crippen LogP contribution in [-0.4, -0.2) is 29.5 Å². The van der Waals surface area contributed by atoms with Crippen molar-refractivity contribution in [1.82, 2.24) is 0 Å². The van der Waals surface area contributed by atoms with E-state index < -0.39 is 6.04 Å². The second kappa shape index (κ2) is 4.93. The summed E-state index contributed by atoms with van der Waals surface area (Å²) in [6, 6.07) is 4.24. The van der Waals surface area contributed by atoms with Gasteiger partial charge in [0.15, 0.2) is 0 Å². The van der Waals surface area contributed by atoms with Crippen LogP contribution in [0.5, 0.6) is 0 Å². The summed E-state index contributed by atoms with van der Waals surface area (Å²) >= 11 is 0. The normalized spacial score (nSPS) is 10.6. The molecule has 0 aliphatic carbocycles. The predicted molar refractivity (Wildman–Crippen MR) is 52.7 cm³/mol. The summed E-state index contributed by atoms with van der Waals surface area (Å²) in [6.45, 7) is 1.30. The van der Waals surface area contributed by atoms with Crippen LogP contribution in [0.1, 0.15) is 5.56 Å². The van der Waals surface area contributed by atoms with E-state index in [0.29, 0.717) is 11.3 Å². The highest BCUT2D eigenvalue weighted by molar-refractivity contribution is 5.46. The molecule has 0 aromatic heterocycles. The monoisotopic (exact) mass is 199 g/mol. The SMILES string of the molecule is Cc1ccc(NC(CO)CO)cc1F. The molecule has 1 aromatic rings. The van der Waals surface area contributed by atoms with Gasteiger partial charge in [-0.15, -0.1) is 0 Å². The van der Waals surface area contributed by atoms with E-state index in [9.17, 15) is 4.39 Å². The number of rotatable bonds is 4. The maximum atomic E-state index is 13.1. The molecular weight excluding hydrogens is 185 g/mol. The van der Waals surface area contributed by atoms with Gasteiger partial charge in [-0.25, -0.2) is 4.39 Å². The largest absolute Gasteiger partial charge is 0.394 e. The molecule has 14 heavy (non-hydrogen) atoms. The molecule has 0 amide bonds. The third-order valence-corrected chi connectivity index (χ3v) is 1.98. The van der Waals surface area contributed by atoms with Gasteiger partial charge >= 0.3 is 0 Å². The first-order valence-corrected chi connectivity index (χ1v) is 4.41. The lowest BCUT2D eigenvalue weighted by Crippen LogP contribution is -2.27. The van der Waals surface area contributed by atoms with Crippen LogP contribution in [-0.2, 0) is 0 Å². The average molecular weight is 199 g/mol. The summed E-state index contributed by atoms with van der Waals surface area (Å²) in [4.78, 5) is 0. The van der Waals surface area contributed by atoms with Crippen molar-refractivity contribution in [2.45, 2.75) is 13.0 Å². The minimum Gasteiger partial charge on any atom is -0.394 e. The van der Waals surface area contributed by atoms with Crippen LogP contribution < -0.4 is 5.32 Å². The summed E-state index contributed by atoms with van der Waals surface area (Å²) in [6.07, 6.45) is 0. The molecule has 0 radical (unpaired) electrons. The maximum absolute atomic E-state index is 13.1. The smallest absolute Gasteiger partial charge is 0.128 e. The molecule has 0 saturated heterocycles. The Bertz CT molecular complexity index is 300.